The van der Waals surface area contributed by atoms with Gasteiger partial charge in [-0.2, -0.15) is 5.10 Å². The highest BCUT2D eigenvalue weighted by Crippen LogP contribution is 2.13. The molecule has 1 aliphatic rings. The Hall–Kier alpha value is -1.88. The van der Waals surface area contributed by atoms with E-state index in [0.29, 0.717) is 30.1 Å². The standard InChI is InChI=1S/C13H14ClN3O2/c1-17(8-9-3-2-4-10(14)7-9)13(19)11-5-6-12(18)16-15-11/h2-4,7H,5-6,8H2,1H3,(H,16,18). The molecule has 0 spiro atoms. The van der Waals surface area contributed by atoms with Crippen LogP contribution in [0.25, 0.3) is 0 Å². The minimum Gasteiger partial charge on any atom is -0.336 e. The van der Waals surface area contributed by atoms with Crippen molar-refractivity contribution in [2.75, 3.05) is 7.05 Å². The molecule has 19 heavy (non-hydrogen) atoms. The zero-order valence-corrected chi connectivity index (χ0v) is 11.3. The molecule has 1 heterocycles. The Morgan fingerprint density at radius 1 is 1.47 bits per heavy atom. The van der Waals surface area contributed by atoms with Crippen LogP contribution < -0.4 is 5.43 Å². The van der Waals surface area contributed by atoms with Crippen molar-refractivity contribution in [3.05, 3.63) is 34.9 Å². The van der Waals surface area contributed by atoms with E-state index in [-0.39, 0.29) is 11.8 Å². The van der Waals surface area contributed by atoms with Crippen LogP contribution in [0.3, 0.4) is 0 Å². The number of benzene rings is 1. The van der Waals surface area contributed by atoms with E-state index in [4.69, 9.17) is 11.6 Å². The highest BCUT2D eigenvalue weighted by Gasteiger charge is 2.21. The molecule has 0 atom stereocenters. The molecule has 1 aromatic carbocycles. The van der Waals surface area contributed by atoms with E-state index in [0.717, 1.165) is 5.56 Å². The number of nitrogens with one attached hydrogen (secondary N) is 1. The Morgan fingerprint density at radius 3 is 2.89 bits per heavy atom. The highest BCUT2D eigenvalue weighted by molar-refractivity contribution is 6.39. The second-order valence-corrected chi connectivity index (χ2v) is 4.82. The zero-order chi connectivity index (χ0) is 13.8. The van der Waals surface area contributed by atoms with Crippen molar-refractivity contribution >= 4 is 29.1 Å². The molecule has 1 aromatic rings. The molecular weight excluding hydrogens is 266 g/mol. The summed E-state index contributed by atoms with van der Waals surface area (Å²) in [4.78, 5) is 24.6. The topological polar surface area (TPSA) is 61.8 Å². The number of hydrogen-bond donors (Lipinski definition) is 1. The SMILES string of the molecule is CN(Cc1cccc(Cl)c1)C(=O)C1=NNC(=O)CC1. The summed E-state index contributed by atoms with van der Waals surface area (Å²) in [5.74, 6) is -0.339. The van der Waals surface area contributed by atoms with E-state index in [2.05, 4.69) is 10.5 Å². The van der Waals surface area contributed by atoms with E-state index in [9.17, 15) is 9.59 Å². The summed E-state index contributed by atoms with van der Waals surface area (Å²) in [5.41, 5.74) is 3.65. The Bertz CT molecular complexity index is 542. The van der Waals surface area contributed by atoms with E-state index < -0.39 is 0 Å². The zero-order valence-electron chi connectivity index (χ0n) is 10.5. The van der Waals surface area contributed by atoms with Gasteiger partial charge in [-0.15, -0.1) is 0 Å². The summed E-state index contributed by atoms with van der Waals surface area (Å²) in [6.07, 6.45) is 0.681. The van der Waals surface area contributed by atoms with Gasteiger partial charge in [0.05, 0.1) is 0 Å². The van der Waals surface area contributed by atoms with Crippen LogP contribution in [0.2, 0.25) is 5.02 Å². The molecule has 5 nitrogen and oxygen atoms in total. The Labute approximate surface area is 116 Å². The third-order valence-electron chi connectivity index (χ3n) is 2.81. The summed E-state index contributed by atoms with van der Waals surface area (Å²) in [6.45, 7) is 0.451. The molecule has 1 N–H and O–H groups in total. The molecule has 0 bridgehead atoms. The maximum absolute atomic E-state index is 12.1. The van der Waals surface area contributed by atoms with Crippen molar-refractivity contribution in [3.63, 3.8) is 0 Å². The Balaban J connectivity index is 2.02. The molecule has 2 amide bonds. The fraction of sp³-hybridized carbons (Fsp3) is 0.308. The molecule has 0 saturated heterocycles. The molecule has 0 radical (unpaired) electrons. The number of rotatable bonds is 3. The van der Waals surface area contributed by atoms with Gasteiger partial charge in [-0.05, 0) is 17.7 Å². The first-order valence-electron chi connectivity index (χ1n) is 5.91. The summed E-state index contributed by atoms with van der Waals surface area (Å²) in [5, 5.41) is 4.43. The van der Waals surface area contributed by atoms with Gasteiger partial charge in [0, 0.05) is 31.5 Å². The molecular formula is C13H14ClN3O2. The minimum absolute atomic E-state index is 0.158. The monoisotopic (exact) mass is 279 g/mol. The van der Waals surface area contributed by atoms with E-state index in [1.807, 2.05) is 18.2 Å². The lowest BCUT2D eigenvalue weighted by atomic mass is 10.1. The van der Waals surface area contributed by atoms with Gasteiger partial charge in [-0.1, -0.05) is 23.7 Å². The van der Waals surface area contributed by atoms with Gasteiger partial charge in [-0.25, -0.2) is 5.43 Å². The number of amides is 2. The first-order chi connectivity index (χ1) is 9.06. The van der Waals surface area contributed by atoms with Crippen molar-refractivity contribution in [2.45, 2.75) is 19.4 Å². The van der Waals surface area contributed by atoms with Gasteiger partial charge in [0.2, 0.25) is 5.91 Å². The third-order valence-corrected chi connectivity index (χ3v) is 3.04. The second kappa shape index (κ2) is 5.84. The number of hydrogen-bond acceptors (Lipinski definition) is 3. The fourth-order valence-corrected chi connectivity index (χ4v) is 2.04. The lowest BCUT2D eigenvalue weighted by Gasteiger charge is -2.20. The van der Waals surface area contributed by atoms with Crippen LogP contribution in [-0.4, -0.2) is 29.5 Å². The Morgan fingerprint density at radius 2 is 2.26 bits per heavy atom. The molecule has 1 aliphatic heterocycles. The van der Waals surface area contributed by atoms with Crippen LogP contribution in [0.15, 0.2) is 29.4 Å². The molecule has 0 unspecified atom stereocenters. The van der Waals surface area contributed by atoms with Gasteiger partial charge < -0.3 is 4.90 Å². The van der Waals surface area contributed by atoms with Crippen molar-refractivity contribution in [1.82, 2.24) is 10.3 Å². The van der Waals surface area contributed by atoms with Crippen molar-refractivity contribution in [1.29, 1.82) is 0 Å². The average molecular weight is 280 g/mol. The molecule has 0 aromatic heterocycles. The van der Waals surface area contributed by atoms with Crippen molar-refractivity contribution < 1.29 is 9.59 Å². The smallest absolute Gasteiger partial charge is 0.270 e. The molecule has 100 valence electrons. The van der Waals surface area contributed by atoms with Crippen LogP contribution >= 0.6 is 11.6 Å². The highest BCUT2D eigenvalue weighted by atomic mass is 35.5. The van der Waals surface area contributed by atoms with Gasteiger partial charge in [0.25, 0.3) is 5.91 Å². The van der Waals surface area contributed by atoms with Crippen LogP contribution in [0, 0.1) is 0 Å². The quantitative estimate of drug-likeness (QED) is 0.913. The van der Waals surface area contributed by atoms with Gasteiger partial charge >= 0.3 is 0 Å². The van der Waals surface area contributed by atoms with Crippen LogP contribution in [0.1, 0.15) is 18.4 Å². The van der Waals surface area contributed by atoms with Crippen molar-refractivity contribution in [2.24, 2.45) is 5.10 Å². The predicted octanol–water partition coefficient (Wildman–Crippen LogP) is 1.56. The first kappa shape index (κ1) is 13.5. The molecule has 0 saturated carbocycles. The maximum atomic E-state index is 12.1. The number of carbonyl (C=O) groups is 2. The maximum Gasteiger partial charge on any atom is 0.270 e. The number of carbonyl (C=O) groups excluding carboxylic acids is 2. The molecule has 0 aliphatic carbocycles. The minimum atomic E-state index is -0.181. The average Bonchev–Trinajstić information content (AvgIpc) is 2.39. The van der Waals surface area contributed by atoms with Gasteiger partial charge in [0.15, 0.2) is 0 Å². The summed E-state index contributed by atoms with van der Waals surface area (Å²) >= 11 is 5.90. The number of nitrogens with zero attached hydrogens (tertiary/aromatic N) is 2. The number of halogens is 1. The summed E-state index contributed by atoms with van der Waals surface area (Å²) < 4.78 is 0. The van der Waals surface area contributed by atoms with Gasteiger partial charge in [-0.3, -0.25) is 9.59 Å². The lowest BCUT2D eigenvalue weighted by molar-refractivity contribution is -0.124. The van der Waals surface area contributed by atoms with Crippen molar-refractivity contribution in [3.8, 4) is 0 Å². The Kier molecular flexibility index (Phi) is 4.16. The molecule has 2 rings (SSSR count). The second-order valence-electron chi connectivity index (χ2n) is 4.38. The van der Waals surface area contributed by atoms with E-state index in [1.165, 1.54) is 0 Å². The van der Waals surface area contributed by atoms with Crippen LogP contribution in [0.4, 0.5) is 0 Å². The fourth-order valence-electron chi connectivity index (χ4n) is 1.83. The predicted molar refractivity (Wildman–Crippen MR) is 72.7 cm³/mol. The normalized spacial score (nSPS) is 14.6. The lowest BCUT2D eigenvalue weighted by Crippen LogP contribution is -2.37. The van der Waals surface area contributed by atoms with E-state index >= 15 is 0 Å². The number of hydrazone groups is 1. The largest absolute Gasteiger partial charge is 0.336 e. The molecule has 6 heteroatoms. The van der Waals surface area contributed by atoms with Gasteiger partial charge in [0.1, 0.15) is 5.71 Å². The first-order valence-corrected chi connectivity index (χ1v) is 6.29. The summed E-state index contributed by atoms with van der Waals surface area (Å²) in [7, 11) is 1.70. The van der Waals surface area contributed by atoms with Crippen LogP contribution in [-0.2, 0) is 16.1 Å². The third kappa shape index (κ3) is 3.54. The van der Waals surface area contributed by atoms with E-state index in [1.54, 1.807) is 18.0 Å². The van der Waals surface area contributed by atoms with Crippen LogP contribution in [0.5, 0.6) is 0 Å². The molecule has 0 fully saturated rings. The summed E-state index contributed by atoms with van der Waals surface area (Å²) in [6, 6.07) is 7.35.